The molecule has 0 atom stereocenters. The van der Waals surface area contributed by atoms with Crippen molar-refractivity contribution in [2.75, 3.05) is 23.3 Å². The highest BCUT2D eigenvalue weighted by Gasteiger charge is 2.18. The second-order valence-electron chi connectivity index (χ2n) is 7.10. The van der Waals surface area contributed by atoms with Crippen LogP contribution in [0.3, 0.4) is 0 Å². The van der Waals surface area contributed by atoms with Crippen LogP contribution in [0, 0.1) is 12.8 Å². The number of benzene rings is 1. The number of carbonyl (C=O) groups excluding carboxylic acids is 1. The van der Waals surface area contributed by atoms with Gasteiger partial charge in [0.25, 0.3) is 0 Å². The van der Waals surface area contributed by atoms with E-state index < -0.39 is 0 Å². The van der Waals surface area contributed by atoms with E-state index in [0.717, 1.165) is 35.5 Å². The summed E-state index contributed by atoms with van der Waals surface area (Å²) in [6.45, 7) is 8.30. The number of pyridine rings is 1. The average molecular weight is 339 g/mol. The SMILES string of the molecule is CCN(CC)c1cc(C)c2cc(NC(=O)CC3CCCC3)ccc2n1. The Morgan fingerprint density at radius 3 is 2.60 bits per heavy atom. The molecule has 1 aromatic heterocycles. The van der Waals surface area contributed by atoms with Gasteiger partial charge in [0.05, 0.1) is 5.52 Å². The topological polar surface area (TPSA) is 45.2 Å². The highest BCUT2D eigenvalue weighted by Crippen LogP contribution is 2.29. The molecule has 0 radical (unpaired) electrons. The van der Waals surface area contributed by atoms with Crippen LogP contribution in [0.5, 0.6) is 0 Å². The third-order valence-corrected chi connectivity index (χ3v) is 5.32. The van der Waals surface area contributed by atoms with Crippen molar-refractivity contribution in [3.05, 3.63) is 29.8 Å². The predicted octanol–water partition coefficient (Wildman–Crippen LogP) is 4.91. The Labute approximate surface area is 150 Å². The Balaban J connectivity index is 1.78. The van der Waals surface area contributed by atoms with Crippen molar-refractivity contribution in [1.29, 1.82) is 0 Å². The van der Waals surface area contributed by atoms with Crippen molar-refractivity contribution in [3.8, 4) is 0 Å². The summed E-state index contributed by atoms with van der Waals surface area (Å²) in [6.07, 6.45) is 5.59. The standard InChI is InChI=1S/C21H29N3O/c1-4-24(5-2)20-12-15(3)18-14-17(10-11-19(18)23-20)22-21(25)13-16-8-6-7-9-16/h10-12,14,16H,4-9,13H2,1-3H3,(H,22,25). The normalized spacial score (nSPS) is 14.8. The van der Waals surface area contributed by atoms with E-state index in [1.54, 1.807) is 0 Å². The Bertz CT molecular complexity index is 746. The molecule has 4 heteroatoms. The fraction of sp³-hybridized carbons (Fsp3) is 0.524. The summed E-state index contributed by atoms with van der Waals surface area (Å²) in [6, 6.07) is 8.17. The van der Waals surface area contributed by atoms with Gasteiger partial charge in [-0.15, -0.1) is 0 Å². The van der Waals surface area contributed by atoms with Gasteiger partial charge < -0.3 is 10.2 Å². The summed E-state index contributed by atoms with van der Waals surface area (Å²) < 4.78 is 0. The van der Waals surface area contributed by atoms with Crippen LogP contribution >= 0.6 is 0 Å². The molecule has 1 aliphatic carbocycles. The number of aromatic nitrogens is 1. The molecule has 4 nitrogen and oxygen atoms in total. The van der Waals surface area contributed by atoms with Gasteiger partial charge in [0, 0.05) is 30.6 Å². The fourth-order valence-corrected chi connectivity index (χ4v) is 3.85. The lowest BCUT2D eigenvalue weighted by atomic mass is 10.0. The molecular formula is C21H29N3O. The van der Waals surface area contributed by atoms with Crippen LogP contribution in [0.2, 0.25) is 0 Å². The molecule has 1 heterocycles. The molecule has 0 saturated heterocycles. The summed E-state index contributed by atoms with van der Waals surface area (Å²) in [4.78, 5) is 19.3. The van der Waals surface area contributed by atoms with E-state index in [4.69, 9.17) is 4.98 Å². The van der Waals surface area contributed by atoms with E-state index in [2.05, 4.69) is 43.1 Å². The molecule has 25 heavy (non-hydrogen) atoms. The highest BCUT2D eigenvalue weighted by atomic mass is 16.1. The van der Waals surface area contributed by atoms with Gasteiger partial charge in [-0.3, -0.25) is 4.79 Å². The van der Waals surface area contributed by atoms with Gasteiger partial charge in [-0.25, -0.2) is 4.98 Å². The summed E-state index contributed by atoms with van der Waals surface area (Å²) in [5, 5.41) is 4.18. The number of hydrogen-bond donors (Lipinski definition) is 1. The number of anilines is 2. The van der Waals surface area contributed by atoms with Crippen molar-refractivity contribution in [2.24, 2.45) is 5.92 Å². The lowest BCUT2D eigenvalue weighted by molar-refractivity contribution is -0.117. The zero-order chi connectivity index (χ0) is 17.8. The van der Waals surface area contributed by atoms with E-state index in [1.807, 2.05) is 12.1 Å². The molecule has 3 rings (SSSR count). The van der Waals surface area contributed by atoms with E-state index in [1.165, 1.54) is 31.2 Å². The molecule has 1 amide bonds. The van der Waals surface area contributed by atoms with Gasteiger partial charge >= 0.3 is 0 Å². The Hall–Kier alpha value is -2.10. The van der Waals surface area contributed by atoms with E-state index in [-0.39, 0.29) is 5.91 Å². The number of rotatable bonds is 6. The zero-order valence-corrected chi connectivity index (χ0v) is 15.6. The van der Waals surface area contributed by atoms with Crippen molar-refractivity contribution in [1.82, 2.24) is 4.98 Å². The molecule has 1 aromatic carbocycles. The summed E-state index contributed by atoms with van der Waals surface area (Å²) >= 11 is 0. The average Bonchev–Trinajstić information content (AvgIpc) is 3.09. The molecule has 1 aliphatic rings. The first kappa shape index (κ1) is 17.7. The lowest BCUT2D eigenvalue weighted by Crippen LogP contribution is -2.23. The molecule has 2 aromatic rings. The van der Waals surface area contributed by atoms with E-state index >= 15 is 0 Å². The van der Waals surface area contributed by atoms with Crippen LogP contribution in [-0.4, -0.2) is 24.0 Å². The van der Waals surface area contributed by atoms with Gasteiger partial charge in [-0.05, 0) is 69.4 Å². The minimum Gasteiger partial charge on any atom is -0.357 e. The maximum absolute atomic E-state index is 12.3. The number of nitrogens with zero attached hydrogens (tertiary/aromatic N) is 2. The third-order valence-electron chi connectivity index (χ3n) is 5.32. The van der Waals surface area contributed by atoms with Gasteiger partial charge in [0.15, 0.2) is 0 Å². The van der Waals surface area contributed by atoms with Crippen LogP contribution in [-0.2, 0) is 4.79 Å². The first-order chi connectivity index (χ1) is 12.1. The number of aryl methyl sites for hydroxylation is 1. The molecule has 1 saturated carbocycles. The van der Waals surface area contributed by atoms with Gasteiger partial charge in [-0.1, -0.05) is 12.8 Å². The number of carbonyl (C=O) groups is 1. The number of fused-ring (bicyclic) bond motifs is 1. The van der Waals surface area contributed by atoms with Gasteiger partial charge in [0.2, 0.25) is 5.91 Å². The Kier molecular flexibility index (Phi) is 5.57. The Morgan fingerprint density at radius 1 is 1.20 bits per heavy atom. The predicted molar refractivity (Wildman–Crippen MR) is 105 cm³/mol. The van der Waals surface area contributed by atoms with Crippen LogP contribution in [0.1, 0.15) is 51.5 Å². The molecule has 0 unspecified atom stereocenters. The van der Waals surface area contributed by atoms with Gasteiger partial charge in [0.1, 0.15) is 5.82 Å². The number of hydrogen-bond acceptors (Lipinski definition) is 3. The van der Waals surface area contributed by atoms with E-state index in [9.17, 15) is 4.79 Å². The zero-order valence-electron chi connectivity index (χ0n) is 15.6. The minimum atomic E-state index is 0.136. The summed E-state index contributed by atoms with van der Waals surface area (Å²) in [5.74, 6) is 1.73. The smallest absolute Gasteiger partial charge is 0.224 e. The van der Waals surface area contributed by atoms with Crippen LogP contribution in [0.4, 0.5) is 11.5 Å². The molecule has 0 bridgehead atoms. The van der Waals surface area contributed by atoms with Crippen molar-refractivity contribution < 1.29 is 4.79 Å². The molecule has 1 N–H and O–H groups in total. The fourth-order valence-electron chi connectivity index (χ4n) is 3.85. The monoisotopic (exact) mass is 339 g/mol. The first-order valence-corrected chi connectivity index (χ1v) is 9.57. The minimum absolute atomic E-state index is 0.136. The quantitative estimate of drug-likeness (QED) is 0.813. The molecular weight excluding hydrogens is 310 g/mol. The van der Waals surface area contributed by atoms with Crippen molar-refractivity contribution >= 4 is 28.3 Å². The molecule has 1 fully saturated rings. The summed E-state index contributed by atoms with van der Waals surface area (Å²) in [5.41, 5.74) is 3.05. The van der Waals surface area contributed by atoms with Gasteiger partial charge in [-0.2, -0.15) is 0 Å². The van der Waals surface area contributed by atoms with Crippen molar-refractivity contribution in [3.63, 3.8) is 0 Å². The maximum atomic E-state index is 12.3. The molecule has 0 spiro atoms. The Morgan fingerprint density at radius 2 is 1.92 bits per heavy atom. The maximum Gasteiger partial charge on any atom is 0.224 e. The molecule has 0 aliphatic heterocycles. The van der Waals surface area contributed by atoms with E-state index in [0.29, 0.717) is 12.3 Å². The molecule has 134 valence electrons. The largest absolute Gasteiger partial charge is 0.357 e. The first-order valence-electron chi connectivity index (χ1n) is 9.57. The second kappa shape index (κ2) is 7.85. The number of nitrogens with one attached hydrogen (secondary N) is 1. The third kappa shape index (κ3) is 4.12. The van der Waals surface area contributed by atoms with Crippen LogP contribution in [0.25, 0.3) is 10.9 Å². The van der Waals surface area contributed by atoms with Crippen LogP contribution < -0.4 is 10.2 Å². The lowest BCUT2D eigenvalue weighted by Gasteiger charge is -2.21. The second-order valence-corrected chi connectivity index (χ2v) is 7.10. The summed E-state index contributed by atoms with van der Waals surface area (Å²) in [7, 11) is 0. The van der Waals surface area contributed by atoms with Crippen LogP contribution in [0.15, 0.2) is 24.3 Å². The van der Waals surface area contributed by atoms with Crippen molar-refractivity contribution in [2.45, 2.75) is 52.9 Å². The highest BCUT2D eigenvalue weighted by molar-refractivity contribution is 5.94. The number of amides is 1.